The average molecular weight is 482 g/mol. The third kappa shape index (κ3) is 3.83. The summed E-state index contributed by atoms with van der Waals surface area (Å²) in [5.74, 6) is 0.325. The van der Waals surface area contributed by atoms with Crippen molar-refractivity contribution in [2.24, 2.45) is 5.73 Å². The lowest BCUT2D eigenvalue weighted by Crippen LogP contribution is -2.21. The number of fused-ring (bicyclic) bond motifs is 1. The molecule has 156 valence electrons. The molecule has 1 aliphatic heterocycles. The highest BCUT2D eigenvalue weighted by atomic mass is 79.9. The minimum Gasteiger partial charge on any atom is -0.489 e. The van der Waals surface area contributed by atoms with Gasteiger partial charge in [0, 0.05) is 33.4 Å². The number of benzene rings is 2. The second kappa shape index (κ2) is 8.12. The van der Waals surface area contributed by atoms with Crippen molar-refractivity contribution < 1.29 is 14.4 Å². The summed E-state index contributed by atoms with van der Waals surface area (Å²) in [7, 11) is 0. The van der Waals surface area contributed by atoms with Gasteiger partial charge in [-0.05, 0) is 42.8 Å². The van der Waals surface area contributed by atoms with E-state index in [1.165, 1.54) is 12.1 Å². The first-order valence-corrected chi connectivity index (χ1v) is 9.96. The highest BCUT2D eigenvalue weighted by Crippen LogP contribution is 2.46. The number of nitriles is 1. The second-order valence-corrected chi connectivity index (χ2v) is 7.80. The van der Waals surface area contributed by atoms with Crippen LogP contribution in [-0.4, -0.2) is 15.1 Å². The SMILES string of the molecule is Cc1[nH]nc2c1[C@@H](c1cc(Br)ccc1OCc1ccc([N+](=O)[O-])cc1)C(C#N)=C(N)O2. The third-order valence-electron chi connectivity index (χ3n) is 4.95. The highest BCUT2D eigenvalue weighted by Gasteiger charge is 2.36. The van der Waals surface area contributed by atoms with Crippen LogP contribution >= 0.6 is 15.9 Å². The van der Waals surface area contributed by atoms with Gasteiger partial charge in [0.15, 0.2) is 0 Å². The zero-order valence-corrected chi connectivity index (χ0v) is 17.8. The molecule has 0 amide bonds. The summed E-state index contributed by atoms with van der Waals surface area (Å²) in [4.78, 5) is 10.4. The third-order valence-corrected chi connectivity index (χ3v) is 5.45. The summed E-state index contributed by atoms with van der Waals surface area (Å²) >= 11 is 3.48. The van der Waals surface area contributed by atoms with E-state index in [9.17, 15) is 15.4 Å². The number of nitrogens with two attached hydrogens (primary N) is 1. The molecule has 0 bridgehead atoms. The first-order chi connectivity index (χ1) is 14.9. The second-order valence-electron chi connectivity index (χ2n) is 6.89. The molecule has 0 spiro atoms. The Kier molecular flexibility index (Phi) is 5.35. The minimum absolute atomic E-state index is 0.00667. The molecule has 10 heteroatoms. The van der Waals surface area contributed by atoms with Crippen molar-refractivity contribution in [3.63, 3.8) is 0 Å². The number of hydrogen-bond acceptors (Lipinski definition) is 7. The molecule has 3 aromatic rings. The number of nitrogens with zero attached hydrogens (tertiary/aromatic N) is 3. The molecular weight excluding hydrogens is 466 g/mol. The van der Waals surface area contributed by atoms with Crippen LogP contribution in [0.25, 0.3) is 0 Å². The van der Waals surface area contributed by atoms with Crippen LogP contribution in [0.5, 0.6) is 11.6 Å². The molecule has 4 rings (SSSR count). The topological polar surface area (TPSA) is 140 Å². The minimum atomic E-state index is -0.531. The van der Waals surface area contributed by atoms with Gasteiger partial charge in [0.2, 0.25) is 11.8 Å². The standard InChI is InChI=1S/C21H16BrN5O4/c1-11-18-19(16(9-23)20(24)31-21(18)26-25-11)15-8-13(22)4-7-17(15)30-10-12-2-5-14(6-3-12)27(28)29/h2-8,19H,10,24H2,1H3,(H,25,26)/t19-/m0/s1. The smallest absolute Gasteiger partial charge is 0.269 e. The molecule has 0 saturated carbocycles. The molecular formula is C21H16BrN5O4. The van der Waals surface area contributed by atoms with Crippen molar-refractivity contribution in [1.29, 1.82) is 5.26 Å². The number of rotatable bonds is 5. The van der Waals surface area contributed by atoms with Crippen molar-refractivity contribution in [3.05, 3.63) is 90.9 Å². The predicted octanol–water partition coefficient (Wildman–Crippen LogP) is 4.19. The Balaban J connectivity index is 1.73. The van der Waals surface area contributed by atoms with Crippen LogP contribution in [0.15, 0.2) is 58.4 Å². The Morgan fingerprint density at radius 1 is 1.35 bits per heavy atom. The molecule has 2 heterocycles. The van der Waals surface area contributed by atoms with Crippen LogP contribution < -0.4 is 15.2 Å². The van der Waals surface area contributed by atoms with E-state index in [4.69, 9.17) is 15.2 Å². The first kappa shape index (κ1) is 20.4. The number of aromatic amines is 1. The molecule has 1 aliphatic rings. The molecule has 2 aromatic carbocycles. The lowest BCUT2D eigenvalue weighted by molar-refractivity contribution is -0.384. The number of nitro benzene ring substituents is 1. The Hall–Kier alpha value is -3.84. The molecule has 0 unspecified atom stereocenters. The molecule has 0 fully saturated rings. The number of nitro groups is 1. The molecule has 3 N–H and O–H groups in total. The van der Waals surface area contributed by atoms with Crippen LogP contribution in [0.3, 0.4) is 0 Å². The summed E-state index contributed by atoms with van der Waals surface area (Å²) in [5.41, 5.74) is 9.22. The maximum Gasteiger partial charge on any atom is 0.269 e. The van der Waals surface area contributed by atoms with E-state index in [1.807, 2.05) is 19.1 Å². The monoisotopic (exact) mass is 481 g/mol. The van der Waals surface area contributed by atoms with Gasteiger partial charge in [0.25, 0.3) is 5.69 Å². The molecule has 9 nitrogen and oxygen atoms in total. The Morgan fingerprint density at radius 2 is 2.10 bits per heavy atom. The van der Waals surface area contributed by atoms with E-state index >= 15 is 0 Å². The van der Waals surface area contributed by atoms with Gasteiger partial charge in [-0.2, -0.15) is 5.26 Å². The van der Waals surface area contributed by atoms with Crippen molar-refractivity contribution in [2.75, 3.05) is 0 Å². The van der Waals surface area contributed by atoms with Gasteiger partial charge in [-0.25, -0.2) is 0 Å². The van der Waals surface area contributed by atoms with Crippen LogP contribution in [-0.2, 0) is 6.61 Å². The number of hydrogen-bond donors (Lipinski definition) is 2. The molecule has 1 aromatic heterocycles. The van der Waals surface area contributed by atoms with Crippen LogP contribution in [0.4, 0.5) is 5.69 Å². The van der Waals surface area contributed by atoms with Gasteiger partial charge in [-0.1, -0.05) is 15.9 Å². The van der Waals surface area contributed by atoms with Crippen molar-refractivity contribution >= 4 is 21.6 Å². The summed E-state index contributed by atoms with van der Waals surface area (Å²) in [6.07, 6.45) is 0. The zero-order chi connectivity index (χ0) is 22.1. The van der Waals surface area contributed by atoms with Crippen molar-refractivity contribution in [2.45, 2.75) is 19.4 Å². The quantitative estimate of drug-likeness (QED) is 0.411. The molecule has 0 aliphatic carbocycles. The molecule has 1 atom stereocenters. The van der Waals surface area contributed by atoms with Gasteiger partial charge in [0.05, 0.1) is 10.8 Å². The maximum absolute atomic E-state index is 10.8. The predicted molar refractivity (Wildman–Crippen MR) is 114 cm³/mol. The lowest BCUT2D eigenvalue weighted by Gasteiger charge is -2.25. The van der Waals surface area contributed by atoms with Crippen molar-refractivity contribution in [1.82, 2.24) is 10.2 Å². The average Bonchev–Trinajstić information content (AvgIpc) is 3.12. The number of non-ortho nitro benzene ring substituents is 1. The molecule has 0 saturated heterocycles. The summed E-state index contributed by atoms with van der Waals surface area (Å²) in [6.45, 7) is 2.03. The van der Waals surface area contributed by atoms with Gasteiger partial charge in [-0.15, -0.1) is 5.10 Å². The summed E-state index contributed by atoms with van der Waals surface area (Å²) in [6, 6.07) is 13.8. The van der Waals surface area contributed by atoms with E-state index in [1.54, 1.807) is 18.2 Å². The van der Waals surface area contributed by atoms with Gasteiger partial charge >= 0.3 is 0 Å². The van der Waals surface area contributed by atoms with E-state index in [2.05, 4.69) is 32.2 Å². The Labute approximate surface area is 185 Å². The number of allylic oxidation sites excluding steroid dienone is 1. The largest absolute Gasteiger partial charge is 0.489 e. The van der Waals surface area contributed by atoms with Crippen LogP contribution in [0.2, 0.25) is 0 Å². The fourth-order valence-electron chi connectivity index (χ4n) is 3.46. The van der Waals surface area contributed by atoms with Gasteiger partial charge < -0.3 is 15.2 Å². The number of nitrogens with one attached hydrogen (secondary N) is 1. The van der Waals surface area contributed by atoms with E-state index in [-0.39, 0.29) is 23.8 Å². The highest BCUT2D eigenvalue weighted by molar-refractivity contribution is 9.10. The van der Waals surface area contributed by atoms with Gasteiger partial charge in [-0.3, -0.25) is 15.2 Å². The molecule has 31 heavy (non-hydrogen) atoms. The summed E-state index contributed by atoms with van der Waals surface area (Å²) in [5, 5.41) is 27.6. The number of aryl methyl sites for hydroxylation is 1. The lowest BCUT2D eigenvalue weighted by atomic mass is 9.83. The Bertz CT molecular complexity index is 1240. The van der Waals surface area contributed by atoms with Gasteiger partial charge in [0.1, 0.15) is 24.0 Å². The number of ether oxygens (including phenoxy) is 2. The molecule has 0 radical (unpaired) electrons. The number of aromatic nitrogens is 2. The number of H-pyrrole nitrogens is 1. The fourth-order valence-corrected chi connectivity index (χ4v) is 3.84. The summed E-state index contributed by atoms with van der Waals surface area (Å²) < 4.78 is 12.4. The zero-order valence-electron chi connectivity index (χ0n) is 16.3. The van der Waals surface area contributed by atoms with Crippen LogP contribution in [0, 0.1) is 28.4 Å². The normalized spacial score (nSPS) is 15.1. The van der Waals surface area contributed by atoms with E-state index in [0.29, 0.717) is 22.8 Å². The maximum atomic E-state index is 10.8. The van der Waals surface area contributed by atoms with Crippen LogP contribution in [0.1, 0.15) is 28.3 Å². The van der Waals surface area contributed by atoms with E-state index < -0.39 is 10.8 Å². The first-order valence-electron chi connectivity index (χ1n) is 9.17. The Morgan fingerprint density at radius 3 is 2.77 bits per heavy atom. The number of halogens is 1. The van der Waals surface area contributed by atoms with Crippen molar-refractivity contribution in [3.8, 4) is 17.7 Å². The fraction of sp³-hybridized carbons (Fsp3) is 0.143. The van der Waals surface area contributed by atoms with E-state index in [0.717, 1.165) is 15.7 Å².